The predicted molar refractivity (Wildman–Crippen MR) is 65.3 cm³/mol. The zero-order valence-corrected chi connectivity index (χ0v) is 9.96. The summed E-state index contributed by atoms with van der Waals surface area (Å²) in [5, 5.41) is 23.0. The summed E-state index contributed by atoms with van der Waals surface area (Å²) in [4.78, 5) is 16.1. The molecule has 0 radical (unpaired) electrons. The second-order valence-electron chi connectivity index (χ2n) is 4.23. The molecule has 94 valence electrons. The van der Waals surface area contributed by atoms with E-state index in [0.29, 0.717) is 11.9 Å². The van der Waals surface area contributed by atoms with Crippen LogP contribution < -0.4 is 10.2 Å². The topological polar surface area (TPSA) is 95.1 Å². The van der Waals surface area contributed by atoms with Gasteiger partial charge in [-0.3, -0.25) is 10.1 Å². The average molecular weight is 247 g/mol. The summed E-state index contributed by atoms with van der Waals surface area (Å²) in [5.41, 5.74) is 0.0942. The minimum Gasteiger partial charge on any atom is -0.353 e. The number of aromatic nitrogens is 1. The summed E-state index contributed by atoms with van der Waals surface area (Å²) < 4.78 is 0. The van der Waals surface area contributed by atoms with Crippen LogP contribution in [0.2, 0.25) is 0 Å². The minimum atomic E-state index is -0.544. The van der Waals surface area contributed by atoms with E-state index in [0.717, 1.165) is 19.6 Å². The summed E-state index contributed by atoms with van der Waals surface area (Å²) in [6.45, 7) is 4.33. The fourth-order valence-electron chi connectivity index (χ4n) is 2.01. The van der Waals surface area contributed by atoms with Crippen molar-refractivity contribution >= 4 is 11.5 Å². The maximum absolute atomic E-state index is 10.6. The number of nitrogens with one attached hydrogen (secondary N) is 1. The zero-order chi connectivity index (χ0) is 13.1. The molecule has 0 spiro atoms. The molecule has 1 aromatic heterocycles. The first-order valence-electron chi connectivity index (χ1n) is 5.64. The second-order valence-corrected chi connectivity index (χ2v) is 4.23. The number of nitro groups is 1. The van der Waals surface area contributed by atoms with Crippen LogP contribution in [0.15, 0.2) is 12.3 Å². The molecule has 1 atom stereocenters. The highest BCUT2D eigenvalue weighted by Crippen LogP contribution is 2.22. The number of nitriles is 1. The SMILES string of the molecule is C[C@@H]1CN(c2ncc([N+](=O)[O-])cc2C#N)CCN1. The molecule has 0 aliphatic carbocycles. The van der Waals surface area contributed by atoms with E-state index in [1.54, 1.807) is 0 Å². The molecule has 1 aliphatic rings. The van der Waals surface area contributed by atoms with E-state index < -0.39 is 4.92 Å². The van der Waals surface area contributed by atoms with E-state index in [1.165, 1.54) is 12.3 Å². The quantitative estimate of drug-likeness (QED) is 0.609. The Morgan fingerprint density at radius 2 is 2.50 bits per heavy atom. The van der Waals surface area contributed by atoms with Gasteiger partial charge in [0.2, 0.25) is 0 Å². The molecule has 1 aliphatic heterocycles. The lowest BCUT2D eigenvalue weighted by molar-refractivity contribution is -0.385. The number of nitrogens with zero attached hydrogens (tertiary/aromatic N) is 4. The van der Waals surface area contributed by atoms with Gasteiger partial charge < -0.3 is 10.2 Å². The molecule has 7 heteroatoms. The first-order chi connectivity index (χ1) is 8.61. The van der Waals surface area contributed by atoms with Gasteiger partial charge in [0, 0.05) is 31.7 Å². The van der Waals surface area contributed by atoms with Crippen molar-refractivity contribution in [1.82, 2.24) is 10.3 Å². The van der Waals surface area contributed by atoms with Gasteiger partial charge in [0.15, 0.2) is 0 Å². The summed E-state index contributed by atoms with van der Waals surface area (Å²) in [6, 6.07) is 3.55. The Morgan fingerprint density at radius 1 is 1.72 bits per heavy atom. The van der Waals surface area contributed by atoms with Crippen LogP contribution in [0.3, 0.4) is 0 Å². The molecule has 0 saturated carbocycles. The summed E-state index contributed by atoms with van der Waals surface area (Å²) in [7, 11) is 0. The third-order valence-corrected chi connectivity index (χ3v) is 2.85. The van der Waals surface area contributed by atoms with Gasteiger partial charge in [0.1, 0.15) is 23.6 Å². The standard InChI is InChI=1S/C11H13N5O2/c1-8-7-15(3-2-13-8)11-9(5-12)4-10(6-14-11)16(17)18/h4,6,8,13H,2-3,7H2,1H3/t8-/m1/s1. The van der Waals surface area contributed by atoms with Gasteiger partial charge in [-0.15, -0.1) is 0 Å². The Balaban J connectivity index is 2.33. The fraction of sp³-hybridized carbons (Fsp3) is 0.455. The molecular formula is C11H13N5O2. The van der Waals surface area contributed by atoms with Crippen LogP contribution in [-0.4, -0.2) is 35.6 Å². The third-order valence-electron chi connectivity index (χ3n) is 2.85. The molecule has 1 fully saturated rings. The van der Waals surface area contributed by atoms with Crippen LogP contribution in [0.4, 0.5) is 11.5 Å². The maximum Gasteiger partial charge on any atom is 0.289 e. The van der Waals surface area contributed by atoms with Crippen molar-refractivity contribution in [2.45, 2.75) is 13.0 Å². The molecule has 0 amide bonds. The molecule has 0 aromatic carbocycles. The molecule has 1 N–H and O–H groups in total. The lowest BCUT2D eigenvalue weighted by Crippen LogP contribution is -2.49. The molecule has 1 saturated heterocycles. The van der Waals surface area contributed by atoms with Crippen molar-refractivity contribution in [2.24, 2.45) is 0 Å². The van der Waals surface area contributed by atoms with Gasteiger partial charge in [-0.1, -0.05) is 0 Å². The van der Waals surface area contributed by atoms with Crippen LogP contribution >= 0.6 is 0 Å². The Labute approximate surface area is 104 Å². The molecule has 0 bridgehead atoms. The second kappa shape index (κ2) is 4.98. The highest BCUT2D eigenvalue weighted by atomic mass is 16.6. The number of pyridine rings is 1. The summed E-state index contributed by atoms with van der Waals surface area (Å²) >= 11 is 0. The van der Waals surface area contributed by atoms with Crippen molar-refractivity contribution in [2.75, 3.05) is 24.5 Å². The van der Waals surface area contributed by atoms with Crippen molar-refractivity contribution in [3.8, 4) is 6.07 Å². The summed E-state index contributed by atoms with van der Waals surface area (Å²) in [6.07, 6.45) is 1.20. The highest BCUT2D eigenvalue weighted by molar-refractivity contribution is 5.57. The van der Waals surface area contributed by atoms with Crippen LogP contribution in [0.1, 0.15) is 12.5 Å². The molecule has 2 rings (SSSR count). The van der Waals surface area contributed by atoms with Crippen molar-refractivity contribution in [3.63, 3.8) is 0 Å². The van der Waals surface area contributed by atoms with E-state index in [-0.39, 0.29) is 11.3 Å². The Kier molecular flexibility index (Phi) is 3.39. The van der Waals surface area contributed by atoms with Crippen LogP contribution in [0, 0.1) is 21.4 Å². The van der Waals surface area contributed by atoms with Gasteiger partial charge in [0.05, 0.1) is 4.92 Å². The third kappa shape index (κ3) is 2.38. The smallest absolute Gasteiger partial charge is 0.289 e. The lowest BCUT2D eigenvalue weighted by atomic mass is 10.2. The molecule has 2 heterocycles. The van der Waals surface area contributed by atoms with Crippen molar-refractivity contribution in [3.05, 3.63) is 27.9 Å². The highest BCUT2D eigenvalue weighted by Gasteiger charge is 2.21. The Hall–Kier alpha value is -2.20. The maximum atomic E-state index is 10.6. The van der Waals surface area contributed by atoms with Gasteiger partial charge in [0.25, 0.3) is 5.69 Å². The van der Waals surface area contributed by atoms with Gasteiger partial charge >= 0.3 is 0 Å². The normalized spacial score (nSPS) is 19.3. The monoisotopic (exact) mass is 247 g/mol. The lowest BCUT2D eigenvalue weighted by Gasteiger charge is -2.33. The predicted octanol–water partition coefficient (Wildman–Crippen LogP) is 0.660. The summed E-state index contributed by atoms with van der Waals surface area (Å²) in [5.74, 6) is 0.524. The fourth-order valence-corrected chi connectivity index (χ4v) is 2.01. The van der Waals surface area contributed by atoms with Crippen LogP contribution in [0.5, 0.6) is 0 Å². The number of anilines is 1. The van der Waals surface area contributed by atoms with E-state index in [1.807, 2.05) is 17.9 Å². The van der Waals surface area contributed by atoms with Crippen molar-refractivity contribution < 1.29 is 4.92 Å². The molecular weight excluding hydrogens is 234 g/mol. The average Bonchev–Trinajstić information content (AvgIpc) is 2.37. The Morgan fingerprint density at radius 3 is 3.11 bits per heavy atom. The minimum absolute atomic E-state index is 0.154. The van der Waals surface area contributed by atoms with Gasteiger partial charge in [-0.25, -0.2) is 4.98 Å². The van der Waals surface area contributed by atoms with E-state index >= 15 is 0 Å². The van der Waals surface area contributed by atoms with E-state index in [4.69, 9.17) is 5.26 Å². The van der Waals surface area contributed by atoms with Gasteiger partial charge in [-0.2, -0.15) is 5.26 Å². The largest absolute Gasteiger partial charge is 0.353 e. The zero-order valence-electron chi connectivity index (χ0n) is 9.96. The van der Waals surface area contributed by atoms with Gasteiger partial charge in [-0.05, 0) is 6.92 Å². The molecule has 7 nitrogen and oxygen atoms in total. The Bertz CT molecular complexity index is 511. The first kappa shape index (κ1) is 12.3. The number of piperazine rings is 1. The number of rotatable bonds is 2. The van der Waals surface area contributed by atoms with Crippen LogP contribution in [-0.2, 0) is 0 Å². The molecule has 0 unspecified atom stereocenters. The van der Waals surface area contributed by atoms with E-state index in [2.05, 4.69) is 10.3 Å². The first-order valence-corrected chi connectivity index (χ1v) is 5.64. The molecule has 1 aromatic rings. The molecule has 18 heavy (non-hydrogen) atoms. The van der Waals surface area contributed by atoms with Crippen LogP contribution in [0.25, 0.3) is 0 Å². The number of hydrogen-bond acceptors (Lipinski definition) is 6. The van der Waals surface area contributed by atoms with E-state index in [9.17, 15) is 10.1 Å². The number of hydrogen-bond donors (Lipinski definition) is 1. The van der Waals surface area contributed by atoms with Crippen molar-refractivity contribution in [1.29, 1.82) is 5.26 Å².